The zero-order valence-corrected chi connectivity index (χ0v) is 14.1. The zero-order valence-electron chi connectivity index (χ0n) is 13.3. The van der Waals surface area contributed by atoms with Gasteiger partial charge in [0.15, 0.2) is 11.5 Å². The Kier molecular flexibility index (Phi) is 4.16. The fourth-order valence-corrected chi connectivity index (χ4v) is 3.64. The first-order valence-electron chi connectivity index (χ1n) is 7.96. The highest BCUT2D eigenvalue weighted by molar-refractivity contribution is 7.17. The number of primary amides is 1. The van der Waals surface area contributed by atoms with Gasteiger partial charge in [-0.3, -0.25) is 4.79 Å². The summed E-state index contributed by atoms with van der Waals surface area (Å²) in [5.41, 5.74) is 6.28. The monoisotopic (exact) mass is 355 g/mol. The molecule has 5 N–H and O–H groups in total. The lowest BCUT2D eigenvalue weighted by Crippen LogP contribution is -2.25. The van der Waals surface area contributed by atoms with Crippen LogP contribution in [0.15, 0.2) is 29.6 Å². The third kappa shape index (κ3) is 3.24. The first-order valence-corrected chi connectivity index (χ1v) is 8.84. The Morgan fingerprint density at radius 2 is 2.24 bits per heavy atom. The Bertz CT molecular complexity index is 920. The van der Waals surface area contributed by atoms with E-state index in [9.17, 15) is 4.79 Å². The molecule has 25 heavy (non-hydrogen) atoms. The highest BCUT2D eigenvalue weighted by Gasteiger charge is 2.19. The summed E-state index contributed by atoms with van der Waals surface area (Å²) < 4.78 is 1.14. The van der Waals surface area contributed by atoms with Crippen LogP contribution in [-0.4, -0.2) is 40.2 Å². The van der Waals surface area contributed by atoms with E-state index in [2.05, 4.69) is 31.1 Å². The molecular formula is C16H17N7OS. The molecule has 0 radical (unpaired) electrons. The second-order valence-electron chi connectivity index (χ2n) is 5.79. The van der Waals surface area contributed by atoms with E-state index < -0.39 is 5.91 Å². The third-order valence-electron chi connectivity index (χ3n) is 4.06. The lowest BCUT2D eigenvalue weighted by atomic mass is 10.2. The number of fused-ring (bicyclic) bond motifs is 1. The fraction of sp³-hybridized carbons (Fsp3) is 0.250. The van der Waals surface area contributed by atoms with E-state index in [0.29, 0.717) is 11.8 Å². The molecule has 4 rings (SSSR count). The molecule has 1 unspecified atom stereocenters. The summed E-state index contributed by atoms with van der Waals surface area (Å²) in [5, 5.41) is 20.7. The molecule has 3 heterocycles. The number of nitrogens with two attached hydrogens (primary N) is 1. The van der Waals surface area contributed by atoms with Crippen molar-refractivity contribution in [3.8, 4) is 0 Å². The van der Waals surface area contributed by atoms with Crippen LogP contribution in [0.4, 0.5) is 17.5 Å². The number of benzene rings is 1. The predicted molar refractivity (Wildman–Crippen MR) is 98.4 cm³/mol. The second kappa shape index (κ2) is 6.61. The molecule has 1 aliphatic rings. The van der Waals surface area contributed by atoms with Crippen LogP contribution >= 0.6 is 11.3 Å². The quantitative estimate of drug-likeness (QED) is 0.550. The minimum atomic E-state index is -0.672. The normalized spacial score (nSPS) is 16.9. The van der Waals surface area contributed by atoms with E-state index in [1.807, 2.05) is 29.6 Å². The molecule has 1 fully saturated rings. The largest absolute Gasteiger partial charge is 0.364 e. The molecule has 0 spiro atoms. The summed E-state index contributed by atoms with van der Waals surface area (Å²) in [6, 6.07) is 8.18. The standard InChI is InChI=1S/C16H17N7OS/c17-14(24)13-15(20-11-2-1-3-12-10(11)5-7-25-12)21-16(23-22-13)19-9-4-6-18-8-9/h1-3,5,7,9,18H,4,6,8H2,(H2,17,24)(H2,19,20,21,23). The van der Waals surface area contributed by atoms with E-state index in [1.165, 1.54) is 0 Å². The average molecular weight is 355 g/mol. The number of nitrogens with zero attached hydrogens (tertiary/aromatic N) is 3. The van der Waals surface area contributed by atoms with Crippen LogP contribution in [0, 0.1) is 0 Å². The smallest absolute Gasteiger partial charge is 0.273 e. The molecule has 8 nitrogen and oxygen atoms in total. The van der Waals surface area contributed by atoms with Crippen molar-refractivity contribution in [3.05, 3.63) is 35.3 Å². The molecular weight excluding hydrogens is 338 g/mol. The van der Waals surface area contributed by atoms with Gasteiger partial charge in [0, 0.05) is 28.4 Å². The van der Waals surface area contributed by atoms with Gasteiger partial charge in [-0.1, -0.05) is 6.07 Å². The van der Waals surface area contributed by atoms with Crippen LogP contribution in [0.2, 0.25) is 0 Å². The van der Waals surface area contributed by atoms with E-state index >= 15 is 0 Å². The minimum absolute atomic E-state index is 0.0160. The molecule has 1 aromatic carbocycles. The molecule has 1 atom stereocenters. The average Bonchev–Trinajstić information content (AvgIpc) is 3.26. The number of rotatable bonds is 5. The maximum absolute atomic E-state index is 11.7. The van der Waals surface area contributed by atoms with Crippen LogP contribution in [0.3, 0.4) is 0 Å². The van der Waals surface area contributed by atoms with Gasteiger partial charge in [-0.25, -0.2) is 0 Å². The van der Waals surface area contributed by atoms with Crippen LogP contribution in [0.5, 0.6) is 0 Å². The van der Waals surface area contributed by atoms with Gasteiger partial charge in [0.05, 0.1) is 0 Å². The van der Waals surface area contributed by atoms with Crippen LogP contribution < -0.4 is 21.7 Å². The van der Waals surface area contributed by atoms with Crippen molar-refractivity contribution < 1.29 is 4.79 Å². The first kappa shape index (κ1) is 15.7. The van der Waals surface area contributed by atoms with E-state index in [4.69, 9.17) is 5.73 Å². The van der Waals surface area contributed by atoms with Gasteiger partial charge in [-0.2, -0.15) is 4.98 Å². The molecule has 0 bridgehead atoms. The Balaban J connectivity index is 1.68. The summed E-state index contributed by atoms with van der Waals surface area (Å²) in [6.07, 6.45) is 0.984. The fourth-order valence-electron chi connectivity index (χ4n) is 2.83. The van der Waals surface area contributed by atoms with Gasteiger partial charge in [0.25, 0.3) is 5.91 Å². The number of nitrogens with one attached hydrogen (secondary N) is 3. The molecule has 0 aliphatic carbocycles. The maximum atomic E-state index is 11.7. The summed E-state index contributed by atoms with van der Waals surface area (Å²) in [7, 11) is 0. The summed E-state index contributed by atoms with van der Waals surface area (Å²) in [4.78, 5) is 16.1. The molecule has 2 aromatic heterocycles. The van der Waals surface area contributed by atoms with E-state index in [0.717, 1.165) is 35.3 Å². The minimum Gasteiger partial charge on any atom is -0.364 e. The highest BCUT2D eigenvalue weighted by Crippen LogP contribution is 2.30. The summed E-state index contributed by atoms with van der Waals surface area (Å²) in [6.45, 7) is 1.80. The van der Waals surface area contributed by atoms with Crippen LogP contribution in [-0.2, 0) is 0 Å². The van der Waals surface area contributed by atoms with E-state index in [-0.39, 0.29) is 11.7 Å². The van der Waals surface area contributed by atoms with Gasteiger partial charge in [-0.05, 0) is 36.5 Å². The van der Waals surface area contributed by atoms with Gasteiger partial charge in [-0.15, -0.1) is 21.5 Å². The van der Waals surface area contributed by atoms with Crippen molar-refractivity contribution in [1.29, 1.82) is 0 Å². The highest BCUT2D eigenvalue weighted by atomic mass is 32.1. The second-order valence-corrected chi connectivity index (χ2v) is 6.74. The predicted octanol–water partition coefficient (Wildman–Crippen LogP) is 1.70. The number of thiophene rings is 1. The molecule has 1 saturated heterocycles. The van der Waals surface area contributed by atoms with Gasteiger partial charge in [0.2, 0.25) is 5.95 Å². The molecule has 1 amide bonds. The Hall–Kier alpha value is -2.78. The van der Waals surface area contributed by atoms with Crippen LogP contribution in [0.25, 0.3) is 10.1 Å². The number of hydrogen-bond donors (Lipinski definition) is 4. The number of anilines is 3. The first-order chi connectivity index (χ1) is 12.2. The lowest BCUT2D eigenvalue weighted by Gasteiger charge is -2.13. The SMILES string of the molecule is NC(=O)c1nnc(NC2CCNC2)nc1Nc1cccc2sccc12. The number of carbonyl (C=O) groups is 1. The Morgan fingerprint density at radius 1 is 1.32 bits per heavy atom. The van der Waals surface area contributed by atoms with Gasteiger partial charge >= 0.3 is 0 Å². The van der Waals surface area contributed by atoms with Crippen molar-refractivity contribution in [3.63, 3.8) is 0 Å². The van der Waals surface area contributed by atoms with Crippen molar-refractivity contribution in [2.75, 3.05) is 23.7 Å². The number of aromatic nitrogens is 3. The van der Waals surface area contributed by atoms with Crippen molar-refractivity contribution >= 4 is 44.8 Å². The van der Waals surface area contributed by atoms with Crippen molar-refractivity contribution in [2.24, 2.45) is 5.73 Å². The lowest BCUT2D eigenvalue weighted by molar-refractivity contribution is 0.0995. The van der Waals surface area contributed by atoms with Crippen molar-refractivity contribution in [2.45, 2.75) is 12.5 Å². The zero-order chi connectivity index (χ0) is 17.2. The number of hydrogen-bond acceptors (Lipinski definition) is 8. The Labute approximate surface area is 147 Å². The molecule has 1 aliphatic heterocycles. The van der Waals surface area contributed by atoms with Gasteiger partial charge < -0.3 is 21.7 Å². The van der Waals surface area contributed by atoms with Crippen LogP contribution in [0.1, 0.15) is 16.9 Å². The summed E-state index contributed by atoms with van der Waals surface area (Å²) in [5.74, 6) is 0.00225. The maximum Gasteiger partial charge on any atom is 0.273 e. The molecule has 3 aromatic rings. The molecule has 9 heteroatoms. The topological polar surface area (TPSA) is 118 Å². The number of carbonyl (C=O) groups excluding carboxylic acids is 1. The van der Waals surface area contributed by atoms with E-state index in [1.54, 1.807) is 11.3 Å². The van der Waals surface area contributed by atoms with Crippen molar-refractivity contribution in [1.82, 2.24) is 20.5 Å². The summed E-state index contributed by atoms with van der Waals surface area (Å²) >= 11 is 1.65. The molecule has 0 saturated carbocycles. The molecule has 128 valence electrons. The Morgan fingerprint density at radius 3 is 3.04 bits per heavy atom. The number of amides is 1. The van der Waals surface area contributed by atoms with Gasteiger partial charge in [0.1, 0.15) is 0 Å². The third-order valence-corrected chi connectivity index (χ3v) is 4.94.